The molecule has 7 heteroatoms. The Morgan fingerprint density at radius 2 is 2.12 bits per heavy atom. The summed E-state index contributed by atoms with van der Waals surface area (Å²) in [5, 5.41) is 8.77. The molecule has 4 N–H and O–H groups in total. The summed E-state index contributed by atoms with van der Waals surface area (Å²) in [6.45, 7) is 2.67. The van der Waals surface area contributed by atoms with E-state index >= 15 is 0 Å². The van der Waals surface area contributed by atoms with E-state index in [2.05, 4.69) is 4.72 Å². The Bertz CT molecular complexity index is 517. The van der Waals surface area contributed by atoms with Crippen LogP contribution in [0.2, 0.25) is 0 Å². The molecule has 17 heavy (non-hydrogen) atoms. The van der Waals surface area contributed by atoms with Crippen LogP contribution in [0.3, 0.4) is 0 Å². The van der Waals surface area contributed by atoms with Gasteiger partial charge < -0.3 is 10.8 Å². The van der Waals surface area contributed by atoms with Gasteiger partial charge in [-0.1, -0.05) is 0 Å². The van der Waals surface area contributed by atoms with Gasteiger partial charge in [-0.15, -0.1) is 0 Å². The lowest BCUT2D eigenvalue weighted by molar-refractivity contribution is 0.265. The summed E-state index contributed by atoms with van der Waals surface area (Å²) >= 11 is 0. The number of benzene rings is 1. The third kappa shape index (κ3) is 3.15. The molecule has 0 bridgehead atoms. The SMILES string of the molecule is Cc1cc(F)c(S(=O)(=O)N[C@H](C)CO)cc1N. The molecule has 0 saturated carbocycles. The highest BCUT2D eigenvalue weighted by atomic mass is 32.2. The van der Waals surface area contributed by atoms with Gasteiger partial charge in [-0.05, 0) is 31.5 Å². The number of nitrogens with one attached hydrogen (secondary N) is 1. The zero-order chi connectivity index (χ0) is 13.2. The van der Waals surface area contributed by atoms with Crippen molar-refractivity contribution >= 4 is 15.7 Å². The zero-order valence-corrected chi connectivity index (χ0v) is 10.4. The number of nitrogens with two attached hydrogens (primary N) is 1. The summed E-state index contributed by atoms with van der Waals surface area (Å²) in [6.07, 6.45) is 0. The van der Waals surface area contributed by atoms with E-state index in [-0.39, 0.29) is 12.3 Å². The lowest BCUT2D eigenvalue weighted by atomic mass is 10.2. The standard InChI is InChI=1S/C10H15FN2O3S/c1-6-3-8(11)10(4-9(6)12)17(15,16)13-7(2)5-14/h3-4,7,13-14H,5,12H2,1-2H3/t7-/m1/s1. The number of anilines is 1. The van der Waals surface area contributed by atoms with Crippen molar-refractivity contribution in [2.45, 2.75) is 24.8 Å². The Balaban J connectivity index is 3.20. The molecule has 0 spiro atoms. The summed E-state index contributed by atoms with van der Waals surface area (Å²) in [7, 11) is -4.01. The van der Waals surface area contributed by atoms with E-state index in [0.717, 1.165) is 12.1 Å². The Kier molecular flexibility index (Phi) is 4.07. The summed E-state index contributed by atoms with van der Waals surface area (Å²) in [5.74, 6) is -0.866. The fraction of sp³-hybridized carbons (Fsp3) is 0.400. The maximum absolute atomic E-state index is 13.5. The van der Waals surface area contributed by atoms with Gasteiger partial charge >= 0.3 is 0 Å². The molecule has 0 aliphatic heterocycles. The predicted octanol–water partition coefficient (Wildman–Crippen LogP) is 0.375. The molecule has 0 heterocycles. The normalized spacial score (nSPS) is 13.6. The molecule has 0 amide bonds. The van der Waals surface area contributed by atoms with Crippen LogP contribution in [-0.2, 0) is 10.0 Å². The molecule has 96 valence electrons. The number of sulfonamides is 1. The van der Waals surface area contributed by atoms with Crippen LogP contribution in [0.4, 0.5) is 10.1 Å². The molecule has 0 fully saturated rings. The van der Waals surface area contributed by atoms with Crippen LogP contribution in [0.25, 0.3) is 0 Å². The highest BCUT2D eigenvalue weighted by Crippen LogP contribution is 2.21. The Morgan fingerprint density at radius 3 is 2.65 bits per heavy atom. The monoisotopic (exact) mass is 262 g/mol. The molecular formula is C10H15FN2O3S. The van der Waals surface area contributed by atoms with E-state index in [9.17, 15) is 12.8 Å². The zero-order valence-electron chi connectivity index (χ0n) is 9.57. The van der Waals surface area contributed by atoms with Gasteiger partial charge in [0.15, 0.2) is 0 Å². The van der Waals surface area contributed by atoms with Gasteiger partial charge in [-0.25, -0.2) is 17.5 Å². The largest absolute Gasteiger partial charge is 0.398 e. The summed E-state index contributed by atoms with van der Waals surface area (Å²) in [5.41, 5.74) is 6.21. The van der Waals surface area contributed by atoms with Crippen LogP contribution >= 0.6 is 0 Å². The second kappa shape index (κ2) is 4.99. The summed E-state index contributed by atoms with van der Waals surface area (Å²) in [6, 6.07) is 1.44. The minimum absolute atomic E-state index is 0.198. The predicted molar refractivity (Wildman–Crippen MR) is 62.4 cm³/mol. The Morgan fingerprint density at radius 1 is 1.53 bits per heavy atom. The van der Waals surface area contributed by atoms with Gasteiger partial charge in [0, 0.05) is 11.7 Å². The van der Waals surface area contributed by atoms with E-state index in [0.29, 0.717) is 5.56 Å². The minimum Gasteiger partial charge on any atom is -0.398 e. The average molecular weight is 262 g/mol. The molecule has 0 aliphatic rings. The van der Waals surface area contributed by atoms with Crippen molar-refractivity contribution in [3.8, 4) is 0 Å². The number of halogens is 1. The van der Waals surface area contributed by atoms with Gasteiger partial charge in [-0.2, -0.15) is 0 Å². The van der Waals surface area contributed by atoms with E-state index in [1.165, 1.54) is 6.92 Å². The van der Waals surface area contributed by atoms with E-state index in [1.807, 2.05) is 0 Å². The molecule has 0 aliphatic carbocycles. The van der Waals surface area contributed by atoms with Gasteiger partial charge in [0.05, 0.1) is 6.61 Å². The van der Waals surface area contributed by atoms with Gasteiger partial charge in [-0.3, -0.25) is 0 Å². The van der Waals surface area contributed by atoms with Crippen molar-refractivity contribution in [3.63, 3.8) is 0 Å². The first-order chi connectivity index (χ1) is 7.77. The van der Waals surface area contributed by atoms with Crippen molar-refractivity contribution < 1.29 is 17.9 Å². The molecule has 0 aromatic heterocycles. The summed E-state index contributed by atoms with van der Waals surface area (Å²) in [4.78, 5) is -0.513. The Labute approximate surface area is 99.5 Å². The first kappa shape index (κ1) is 13.9. The molecule has 1 aromatic rings. The van der Waals surface area contributed by atoms with Crippen molar-refractivity contribution in [2.24, 2.45) is 0 Å². The second-order valence-electron chi connectivity index (χ2n) is 3.84. The minimum atomic E-state index is -4.01. The fourth-order valence-electron chi connectivity index (χ4n) is 1.24. The molecular weight excluding hydrogens is 247 g/mol. The lowest BCUT2D eigenvalue weighted by Crippen LogP contribution is -2.35. The molecule has 1 rings (SSSR count). The number of aliphatic hydroxyl groups is 1. The number of aliphatic hydroxyl groups excluding tert-OH is 1. The lowest BCUT2D eigenvalue weighted by Gasteiger charge is -2.13. The van der Waals surface area contributed by atoms with Gasteiger partial charge in [0.1, 0.15) is 10.7 Å². The number of rotatable bonds is 4. The second-order valence-corrected chi connectivity index (χ2v) is 5.53. The van der Waals surface area contributed by atoms with Crippen molar-refractivity contribution in [2.75, 3.05) is 12.3 Å². The molecule has 5 nitrogen and oxygen atoms in total. The third-order valence-electron chi connectivity index (χ3n) is 2.24. The van der Waals surface area contributed by atoms with Crippen LogP contribution in [0.5, 0.6) is 0 Å². The number of hydrogen-bond acceptors (Lipinski definition) is 4. The number of nitrogen functional groups attached to an aromatic ring is 1. The maximum Gasteiger partial charge on any atom is 0.243 e. The maximum atomic E-state index is 13.5. The Hall–Kier alpha value is -1.18. The highest BCUT2D eigenvalue weighted by molar-refractivity contribution is 7.89. The highest BCUT2D eigenvalue weighted by Gasteiger charge is 2.22. The van der Waals surface area contributed by atoms with Crippen molar-refractivity contribution in [1.29, 1.82) is 0 Å². The first-order valence-corrected chi connectivity index (χ1v) is 6.45. The van der Waals surface area contributed by atoms with Crippen LogP contribution < -0.4 is 10.5 Å². The van der Waals surface area contributed by atoms with Gasteiger partial charge in [0.25, 0.3) is 0 Å². The van der Waals surface area contributed by atoms with Gasteiger partial charge in [0.2, 0.25) is 10.0 Å². The van der Waals surface area contributed by atoms with Crippen LogP contribution in [0, 0.1) is 12.7 Å². The molecule has 1 aromatic carbocycles. The number of aryl methyl sites for hydroxylation is 1. The number of hydrogen-bond donors (Lipinski definition) is 3. The van der Waals surface area contributed by atoms with E-state index in [4.69, 9.17) is 10.8 Å². The van der Waals surface area contributed by atoms with Crippen molar-refractivity contribution in [3.05, 3.63) is 23.5 Å². The molecule has 0 radical (unpaired) electrons. The third-order valence-corrected chi connectivity index (χ3v) is 3.84. The smallest absolute Gasteiger partial charge is 0.243 e. The average Bonchev–Trinajstić information content (AvgIpc) is 2.22. The fourth-order valence-corrected chi connectivity index (χ4v) is 2.57. The van der Waals surface area contributed by atoms with Crippen LogP contribution in [0.15, 0.2) is 17.0 Å². The quantitative estimate of drug-likeness (QED) is 0.684. The van der Waals surface area contributed by atoms with Crippen LogP contribution in [-0.4, -0.2) is 26.2 Å². The molecule has 0 saturated heterocycles. The first-order valence-electron chi connectivity index (χ1n) is 4.96. The topological polar surface area (TPSA) is 92.4 Å². The molecule has 0 unspecified atom stereocenters. The van der Waals surface area contributed by atoms with E-state index < -0.39 is 26.8 Å². The van der Waals surface area contributed by atoms with Crippen molar-refractivity contribution in [1.82, 2.24) is 4.72 Å². The van der Waals surface area contributed by atoms with E-state index in [1.54, 1.807) is 6.92 Å². The van der Waals surface area contributed by atoms with Crippen LogP contribution in [0.1, 0.15) is 12.5 Å². The summed E-state index contributed by atoms with van der Waals surface area (Å²) < 4.78 is 39.2. The molecule has 1 atom stereocenters.